The zero-order valence-electron chi connectivity index (χ0n) is 25.6. The van der Waals surface area contributed by atoms with Crippen molar-refractivity contribution in [1.29, 1.82) is 0 Å². The number of carbonyl (C=O) groups excluding carboxylic acids is 3. The molecule has 1 aliphatic rings. The van der Waals surface area contributed by atoms with Crippen LogP contribution in [0.2, 0.25) is 25.7 Å². The predicted molar refractivity (Wildman–Crippen MR) is 171 cm³/mol. The van der Waals surface area contributed by atoms with E-state index in [-0.39, 0.29) is 19.1 Å². The minimum Gasteiger partial charge on any atom is -0.462 e. The van der Waals surface area contributed by atoms with E-state index in [2.05, 4.69) is 19.6 Å². The summed E-state index contributed by atoms with van der Waals surface area (Å²) in [6.45, 7) is 6.75. The number of ether oxygens (including phenoxy) is 6. The van der Waals surface area contributed by atoms with Crippen LogP contribution in [0.15, 0.2) is 91.0 Å². The van der Waals surface area contributed by atoms with Crippen LogP contribution in [-0.2, 0) is 39.8 Å². The second-order valence-electron chi connectivity index (χ2n) is 11.8. The molecule has 0 aromatic heterocycles. The lowest BCUT2D eigenvalue weighted by Gasteiger charge is -2.45. The van der Waals surface area contributed by atoms with Gasteiger partial charge in [0.05, 0.1) is 17.7 Å². The van der Waals surface area contributed by atoms with Crippen molar-refractivity contribution >= 4 is 37.6 Å². The summed E-state index contributed by atoms with van der Waals surface area (Å²) in [5, 5.41) is 0. The van der Waals surface area contributed by atoms with Crippen LogP contribution in [0.3, 0.4) is 0 Å². The first-order chi connectivity index (χ1) is 21.6. The average molecular weight is 655 g/mol. The van der Waals surface area contributed by atoms with Crippen LogP contribution >= 0.6 is 11.6 Å². The Hall–Kier alpha value is -3.54. The van der Waals surface area contributed by atoms with Crippen molar-refractivity contribution < 1.29 is 42.8 Å². The number of benzene rings is 3. The van der Waals surface area contributed by atoms with Crippen molar-refractivity contribution in [1.82, 2.24) is 0 Å². The summed E-state index contributed by atoms with van der Waals surface area (Å²) in [7, 11) is -1.52. The number of hydrogen-bond acceptors (Lipinski definition) is 9. The number of esters is 3. The van der Waals surface area contributed by atoms with E-state index in [0.29, 0.717) is 17.7 Å². The van der Waals surface area contributed by atoms with Crippen LogP contribution < -0.4 is 0 Å². The molecule has 3 aromatic carbocycles. The minimum absolute atomic E-state index is 0.0973. The third-order valence-electron chi connectivity index (χ3n) is 7.03. The summed E-state index contributed by atoms with van der Waals surface area (Å²) < 4.78 is 36.4. The second kappa shape index (κ2) is 16.7. The SMILES string of the molecule is C[Si](C)(C)CCO[C@@H]1O[C@H](COC(=O)CCl)[C@H](OC(=O)c2ccccc2)[C@H](OCc2ccccc2)[C@H]1OC(=O)c1ccccc1. The van der Waals surface area contributed by atoms with E-state index in [0.717, 1.165) is 11.6 Å². The Bertz CT molecular complexity index is 1370. The van der Waals surface area contributed by atoms with E-state index in [1.165, 1.54) is 0 Å². The Morgan fingerprint density at radius 3 is 1.80 bits per heavy atom. The molecule has 45 heavy (non-hydrogen) atoms. The molecular weight excluding hydrogens is 616 g/mol. The van der Waals surface area contributed by atoms with Gasteiger partial charge in [0.15, 0.2) is 18.5 Å². The molecule has 0 bridgehead atoms. The smallest absolute Gasteiger partial charge is 0.338 e. The lowest BCUT2D eigenvalue weighted by Crippen LogP contribution is -2.62. The second-order valence-corrected chi connectivity index (χ2v) is 17.7. The summed E-state index contributed by atoms with van der Waals surface area (Å²) >= 11 is 5.69. The Balaban J connectivity index is 1.72. The topological polar surface area (TPSA) is 107 Å². The van der Waals surface area contributed by atoms with E-state index >= 15 is 0 Å². The molecule has 0 saturated carbocycles. The summed E-state index contributed by atoms with van der Waals surface area (Å²) in [5.74, 6) is -2.33. The van der Waals surface area contributed by atoms with Gasteiger partial charge < -0.3 is 28.4 Å². The van der Waals surface area contributed by atoms with Gasteiger partial charge in [-0.05, 0) is 35.9 Å². The Labute approximate surface area is 269 Å². The zero-order valence-corrected chi connectivity index (χ0v) is 27.4. The van der Waals surface area contributed by atoms with Crippen LogP contribution in [0.1, 0.15) is 26.3 Å². The molecule has 0 unspecified atom stereocenters. The van der Waals surface area contributed by atoms with E-state index in [4.69, 9.17) is 40.0 Å². The lowest BCUT2D eigenvalue weighted by molar-refractivity contribution is -0.306. The van der Waals surface area contributed by atoms with Gasteiger partial charge in [-0.2, -0.15) is 0 Å². The van der Waals surface area contributed by atoms with E-state index < -0.39 is 56.7 Å². The molecule has 1 aliphatic heterocycles. The summed E-state index contributed by atoms with van der Waals surface area (Å²) in [6.07, 6.45) is -5.56. The first-order valence-corrected chi connectivity index (χ1v) is 19.0. The van der Waals surface area contributed by atoms with Gasteiger partial charge in [-0.3, -0.25) is 4.79 Å². The van der Waals surface area contributed by atoms with Crippen molar-refractivity contribution in [2.45, 2.75) is 63.0 Å². The standard InChI is InChI=1S/C34H39ClO9Si/c1-45(2,3)20-19-39-34-31(44-33(38)26-17-11-6-12-18-26)30(41-22-24-13-7-4-8-14-24)29(27(42-34)23-40-28(36)21-35)43-32(37)25-15-9-5-10-16-25/h4-18,27,29-31,34H,19-23H2,1-3H3/t27-,29+,30+,31-,34-/m1/s1. The van der Waals surface area contributed by atoms with E-state index in [1.54, 1.807) is 60.7 Å². The molecule has 0 N–H and O–H groups in total. The highest BCUT2D eigenvalue weighted by molar-refractivity contribution is 6.76. The largest absolute Gasteiger partial charge is 0.462 e. The maximum Gasteiger partial charge on any atom is 0.338 e. The molecule has 240 valence electrons. The normalized spacial score (nSPS) is 21.5. The average Bonchev–Trinajstić information content (AvgIpc) is 3.05. The Morgan fingerprint density at radius 2 is 1.27 bits per heavy atom. The van der Waals surface area contributed by atoms with Crippen molar-refractivity contribution in [3.8, 4) is 0 Å². The van der Waals surface area contributed by atoms with Gasteiger partial charge in [-0.25, -0.2) is 9.59 Å². The van der Waals surface area contributed by atoms with Crippen molar-refractivity contribution in [2.75, 3.05) is 19.1 Å². The number of alkyl halides is 1. The van der Waals surface area contributed by atoms with Crippen molar-refractivity contribution in [3.05, 3.63) is 108 Å². The van der Waals surface area contributed by atoms with Crippen LogP contribution in [0.25, 0.3) is 0 Å². The number of hydrogen-bond donors (Lipinski definition) is 0. The molecule has 0 spiro atoms. The molecular formula is C34H39ClO9Si. The molecule has 9 nitrogen and oxygen atoms in total. The van der Waals surface area contributed by atoms with Gasteiger partial charge in [0, 0.05) is 14.7 Å². The number of carbonyl (C=O) groups is 3. The van der Waals surface area contributed by atoms with Gasteiger partial charge in [0.1, 0.15) is 24.7 Å². The van der Waals surface area contributed by atoms with Crippen LogP contribution in [-0.4, -0.2) is 75.8 Å². The minimum atomic E-state index is -1.52. The fourth-order valence-corrected chi connectivity index (χ4v) is 5.40. The molecule has 5 atom stereocenters. The number of rotatable bonds is 14. The molecule has 1 heterocycles. The van der Waals surface area contributed by atoms with E-state index in [9.17, 15) is 14.4 Å². The fraction of sp³-hybridized carbons (Fsp3) is 0.382. The van der Waals surface area contributed by atoms with Gasteiger partial charge in [0.2, 0.25) is 0 Å². The fourth-order valence-electron chi connectivity index (χ4n) is 4.60. The van der Waals surface area contributed by atoms with Crippen LogP contribution in [0.4, 0.5) is 0 Å². The van der Waals surface area contributed by atoms with Crippen LogP contribution in [0, 0.1) is 0 Å². The summed E-state index contributed by atoms with van der Waals surface area (Å²) in [5.41, 5.74) is 1.45. The molecule has 4 rings (SSSR count). The van der Waals surface area contributed by atoms with Gasteiger partial charge >= 0.3 is 17.9 Å². The predicted octanol–water partition coefficient (Wildman–Crippen LogP) is 5.88. The first kappa shape index (κ1) is 34.3. The van der Waals surface area contributed by atoms with Gasteiger partial charge in [0.25, 0.3) is 0 Å². The maximum atomic E-state index is 13.4. The highest BCUT2D eigenvalue weighted by Gasteiger charge is 2.52. The monoisotopic (exact) mass is 654 g/mol. The van der Waals surface area contributed by atoms with E-state index in [1.807, 2.05) is 30.3 Å². The van der Waals surface area contributed by atoms with Gasteiger partial charge in [-0.15, -0.1) is 11.6 Å². The molecule has 0 amide bonds. The molecule has 0 radical (unpaired) electrons. The van der Waals surface area contributed by atoms with Crippen molar-refractivity contribution in [2.24, 2.45) is 0 Å². The highest BCUT2D eigenvalue weighted by atomic mass is 35.5. The van der Waals surface area contributed by atoms with Gasteiger partial charge in [-0.1, -0.05) is 86.4 Å². The third-order valence-corrected chi connectivity index (χ3v) is 8.96. The lowest BCUT2D eigenvalue weighted by atomic mass is 9.97. The number of halogens is 1. The molecule has 0 aliphatic carbocycles. The maximum absolute atomic E-state index is 13.4. The van der Waals surface area contributed by atoms with Crippen LogP contribution in [0.5, 0.6) is 0 Å². The Morgan fingerprint density at radius 1 is 0.733 bits per heavy atom. The molecule has 1 fully saturated rings. The quantitative estimate of drug-likeness (QED) is 0.0911. The molecule has 3 aromatic rings. The highest BCUT2D eigenvalue weighted by Crippen LogP contribution is 2.32. The molecule has 1 saturated heterocycles. The summed E-state index contributed by atoms with van der Waals surface area (Å²) in [4.78, 5) is 38.9. The van der Waals surface area contributed by atoms with Crippen molar-refractivity contribution in [3.63, 3.8) is 0 Å². The molecule has 11 heteroatoms. The zero-order chi connectivity index (χ0) is 32.2. The Kier molecular flexibility index (Phi) is 12.7. The third kappa shape index (κ3) is 10.5. The summed E-state index contributed by atoms with van der Waals surface area (Å²) in [6, 6.07) is 27.2. The first-order valence-electron chi connectivity index (χ1n) is 14.8.